The van der Waals surface area contributed by atoms with Crippen LogP contribution in [0.4, 0.5) is 5.69 Å². The first-order valence-electron chi connectivity index (χ1n) is 11.9. The minimum atomic E-state index is -0.0640. The fourth-order valence-electron chi connectivity index (χ4n) is 4.98. The van der Waals surface area contributed by atoms with Gasteiger partial charge in [-0.25, -0.2) is 4.68 Å². The summed E-state index contributed by atoms with van der Waals surface area (Å²) in [5, 5.41) is 6.29. The van der Waals surface area contributed by atoms with Crippen molar-refractivity contribution in [2.45, 2.75) is 46.2 Å². The average Bonchev–Trinajstić information content (AvgIpc) is 3.22. The van der Waals surface area contributed by atoms with Gasteiger partial charge in [0.25, 0.3) is 5.56 Å². The third kappa shape index (κ3) is 4.20. The molecule has 0 aliphatic carbocycles. The van der Waals surface area contributed by atoms with Crippen LogP contribution in [0.2, 0.25) is 0 Å². The number of carbonyl (C=O) groups excluding carboxylic acids is 1. The van der Waals surface area contributed by atoms with Crippen molar-refractivity contribution < 1.29 is 4.79 Å². The third-order valence-corrected chi connectivity index (χ3v) is 8.00. The van der Waals surface area contributed by atoms with Gasteiger partial charge >= 0.3 is 0 Å². The van der Waals surface area contributed by atoms with Crippen molar-refractivity contribution in [2.75, 3.05) is 24.5 Å². The Morgan fingerprint density at radius 3 is 2.74 bits per heavy atom. The Labute approximate surface area is 203 Å². The number of carbonyl (C=O) groups is 1. The molecule has 3 heterocycles. The monoisotopic (exact) mass is 474 g/mol. The Kier molecular flexibility index (Phi) is 6.13. The van der Waals surface area contributed by atoms with Crippen LogP contribution in [0.5, 0.6) is 0 Å². The number of aryl methyl sites for hydroxylation is 3. The maximum atomic E-state index is 13.2. The van der Waals surface area contributed by atoms with Gasteiger partial charge in [0.2, 0.25) is 5.91 Å². The highest BCUT2D eigenvalue weighted by Gasteiger charge is 2.26. The van der Waals surface area contributed by atoms with Gasteiger partial charge in [-0.05, 0) is 51.0 Å². The quantitative estimate of drug-likeness (QED) is 0.419. The summed E-state index contributed by atoms with van der Waals surface area (Å²) < 4.78 is 3.60. The van der Waals surface area contributed by atoms with Gasteiger partial charge in [-0.3, -0.25) is 9.59 Å². The molecule has 0 bridgehead atoms. The SMILES string of the molecule is Cc1cccc(N2CCN(C(=O)CCCn3nc(C)c4sc5ccccc5c4c3=O)CC2C)c1. The van der Waals surface area contributed by atoms with Gasteiger partial charge in [-0.1, -0.05) is 30.3 Å². The molecule has 4 aromatic rings. The molecule has 0 spiro atoms. The van der Waals surface area contributed by atoms with Crippen LogP contribution in [-0.2, 0) is 11.3 Å². The number of amides is 1. The largest absolute Gasteiger partial charge is 0.365 e. The molecule has 1 aliphatic heterocycles. The van der Waals surface area contributed by atoms with Crippen molar-refractivity contribution >= 4 is 43.1 Å². The highest BCUT2D eigenvalue weighted by molar-refractivity contribution is 7.26. The summed E-state index contributed by atoms with van der Waals surface area (Å²) >= 11 is 1.62. The Morgan fingerprint density at radius 2 is 1.94 bits per heavy atom. The lowest BCUT2D eigenvalue weighted by atomic mass is 10.1. The van der Waals surface area contributed by atoms with E-state index in [1.165, 1.54) is 11.3 Å². The van der Waals surface area contributed by atoms with E-state index in [0.717, 1.165) is 45.5 Å². The van der Waals surface area contributed by atoms with Crippen molar-refractivity contribution in [2.24, 2.45) is 0 Å². The van der Waals surface area contributed by atoms with Gasteiger partial charge in [-0.15, -0.1) is 11.3 Å². The van der Waals surface area contributed by atoms with Crippen LogP contribution in [0.15, 0.2) is 53.3 Å². The number of hydrogen-bond donors (Lipinski definition) is 0. The molecule has 1 saturated heterocycles. The van der Waals surface area contributed by atoms with E-state index in [-0.39, 0.29) is 17.5 Å². The molecule has 5 rings (SSSR count). The van der Waals surface area contributed by atoms with E-state index in [0.29, 0.717) is 19.4 Å². The first kappa shape index (κ1) is 22.6. The van der Waals surface area contributed by atoms with Crippen LogP contribution in [0, 0.1) is 13.8 Å². The maximum absolute atomic E-state index is 13.2. The van der Waals surface area contributed by atoms with Crippen molar-refractivity contribution in [1.29, 1.82) is 0 Å². The van der Waals surface area contributed by atoms with Crippen molar-refractivity contribution in [3.8, 4) is 0 Å². The first-order chi connectivity index (χ1) is 16.4. The molecular formula is C27H30N4O2S. The van der Waals surface area contributed by atoms with E-state index >= 15 is 0 Å². The number of nitrogens with zero attached hydrogens (tertiary/aromatic N) is 4. The van der Waals surface area contributed by atoms with E-state index in [1.807, 2.05) is 36.1 Å². The van der Waals surface area contributed by atoms with Crippen molar-refractivity contribution in [3.63, 3.8) is 0 Å². The van der Waals surface area contributed by atoms with E-state index in [1.54, 1.807) is 16.0 Å². The van der Waals surface area contributed by atoms with E-state index in [4.69, 9.17) is 0 Å². The molecule has 1 atom stereocenters. The minimum absolute atomic E-state index is 0.0640. The fraction of sp³-hybridized carbons (Fsp3) is 0.370. The molecule has 2 aromatic heterocycles. The smallest absolute Gasteiger partial charge is 0.276 e. The summed E-state index contributed by atoms with van der Waals surface area (Å²) in [6.45, 7) is 8.96. The van der Waals surface area contributed by atoms with Crippen LogP contribution in [0.3, 0.4) is 0 Å². The molecule has 1 fully saturated rings. The van der Waals surface area contributed by atoms with E-state index < -0.39 is 0 Å². The topological polar surface area (TPSA) is 58.4 Å². The Hall–Kier alpha value is -3.19. The van der Waals surface area contributed by atoms with Gasteiger partial charge in [-0.2, -0.15) is 5.10 Å². The van der Waals surface area contributed by atoms with Gasteiger partial charge < -0.3 is 9.80 Å². The third-order valence-electron chi connectivity index (χ3n) is 6.72. The number of rotatable bonds is 5. The van der Waals surface area contributed by atoms with Crippen LogP contribution >= 0.6 is 11.3 Å². The number of hydrogen-bond acceptors (Lipinski definition) is 5. The molecule has 0 saturated carbocycles. The first-order valence-corrected chi connectivity index (χ1v) is 12.7. The van der Waals surface area contributed by atoms with Gasteiger partial charge in [0.1, 0.15) is 0 Å². The molecule has 0 radical (unpaired) electrons. The minimum Gasteiger partial charge on any atom is -0.365 e. The average molecular weight is 475 g/mol. The second-order valence-corrected chi connectivity index (χ2v) is 10.3. The number of piperazine rings is 1. The summed E-state index contributed by atoms with van der Waals surface area (Å²) in [5.74, 6) is 0.155. The van der Waals surface area contributed by atoms with Crippen LogP contribution in [0.1, 0.15) is 31.0 Å². The number of aromatic nitrogens is 2. The molecule has 1 unspecified atom stereocenters. The molecule has 2 aromatic carbocycles. The van der Waals surface area contributed by atoms with E-state index in [9.17, 15) is 9.59 Å². The van der Waals surface area contributed by atoms with Crippen LogP contribution in [0.25, 0.3) is 20.2 Å². The Morgan fingerprint density at radius 1 is 1.12 bits per heavy atom. The van der Waals surface area contributed by atoms with Crippen LogP contribution in [-0.4, -0.2) is 46.3 Å². The summed E-state index contributed by atoms with van der Waals surface area (Å²) in [6.07, 6.45) is 1.03. The second-order valence-electron chi connectivity index (χ2n) is 9.24. The number of fused-ring (bicyclic) bond motifs is 3. The molecule has 1 amide bonds. The second kappa shape index (κ2) is 9.22. The van der Waals surface area contributed by atoms with Crippen molar-refractivity contribution in [3.05, 3.63) is 70.1 Å². The van der Waals surface area contributed by atoms with Gasteiger partial charge in [0.05, 0.1) is 15.8 Å². The zero-order chi connectivity index (χ0) is 23.8. The van der Waals surface area contributed by atoms with Gasteiger partial charge in [0, 0.05) is 54.4 Å². The molecule has 0 N–H and O–H groups in total. The fourth-order valence-corrected chi connectivity index (χ4v) is 6.11. The number of anilines is 1. The highest BCUT2D eigenvalue weighted by Crippen LogP contribution is 2.32. The highest BCUT2D eigenvalue weighted by atomic mass is 32.1. The van der Waals surface area contributed by atoms with Crippen molar-refractivity contribution in [1.82, 2.24) is 14.7 Å². The Balaban J connectivity index is 1.23. The normalized spacial score (nSPS) is 16.5. The standard InChI is InChI=1S/C27H30N4O2S/c1-18-8-6-9-21(16-18)30-15-14-29(17-19(30)2)24(32)12-7-13-31-27(33)25-22-10-4-5-11-23(22)34-26(25)20(3)28-31/h4-6,8-11,16,19H,7,12-15,17H2,1-3H3. The zero-order valence-electron chi connectivity index (χ0n) is 20.0. The lowest BCUT2D eigenvalue weighted by Crippen LogP contribution is -2.53. The van der Waals surface area contributed by atoms with E-state index in [2.05, 4.69) is 48.1 Å². The zero-order valence-corrected chi connectivity index (χ0v) is 20.8. The lowest BCUT2D eigenvalue weighted by Gasteiger charge is -2.41. The molecule has 176 valence electrons. The summed E-state index contributed by atoms with van der Waals surface area (Å²) in [7, 11) is 0. The molecular weight excluding hydrogens is 444 g/mol. The lowest BCUT2D eigenvalue weighted by molar-refractivity contribution is -0.132. The summed E-state index contributed by atoms with van der Waals surface area (Å²) in [4.78, 5) is 30.5. The number of thiophene rings is 1. The Bertz CT molecular complexity index is 1420. The number of benzene rings is 2. The molecule has 7 heteroatoms. The predicted molar refractivity (Wildman–Crippen MR) is 140 cm³/mol. The van der Waals surface area contributed by atoms with Gasteiger partial charge in [0.15, 0.2) is 0 Å². The molecule has 6 nitrogen and oxygen atoms in total. The molecule has 34 heavy (non-hydrogen) atoms. The summed E-state index contributed by atoms with van der Waals surface area (Å²) in [5.41, 5.74) is 3.27. The molecule has 1 aliphatic rings. The summed E-state index contributed by atoms with van der Waals surface area (Å²) in [6, 6.07) is 16.8. The maximum Gasteiger partial charge on any atom is 0.276 e. The predicted octanol–water partition coefficient (Wildman–Crippen LogP) is 4.75. The van der Waals surface area contributed by atoms with Crippen LogP contribution < -0.4 is 10.5 Å².